The summed E-state index contributed by atoms with van der Waals surface area (Å²) < 4.78 is 5.89. The molecule has 0 aliphatic heterocycles. The fraction of sp³-hybridized carbons (Fsp3) is 0.632. The molecule has 4 aliphatic rings. The van der Waals surface area contributed by atoms with E-state index in [1.807, 2.05) is 0 Å². The van der Waals surface area contributed by atoms with E-state index in [0.717, 1.165) is 36.5 Å². The van der Waals surface area contributed by atoms with Crippen LogP contribution in [0, 0.1) is 23.2 Å². The second kappa shape index (κ2) is 5.29. The van der Waals surface area contributed by atoms with Crippen LogP contribution >= 0.6 is 0 Å². The van der Waals surface area contributed by atoms with Gasteiger partial charge in [-0.25, -0.2) is 4.79 Å². The first-order valence-corrected chi connectivity index (χ1v) is 8.58. The van der Waals surface area contributed by atoms with Crippen LogP contribution in [0.5, 0.6) is 5.75 Å². The number of carboxylic acids is 1. The lowest BCUT2D eigenvalue weighted by atomic mass is 9.49. The van der Waals surface area contributed by atoms with E-state index in [4.69, 9.17) is 9.84 Å². The van der Waals surface area contributed by atoms with E-state index < -0.39 is 5.97 Å². The molecule has 5 rings (SSSR count). The fourth-order valence-corrected chi connectivity index (χ4v) is 5.68. The minimum absolute atomic E-state index is 0.313. The standard InChI is InChI=1S/C19H24O3/c20-18(21)16-1-3-17(4-2-16)22-6-5-19-10-13-7-14(11-19)9-15(8-13)12-19/h1-4,13-15H,5-12H2,(H,20,21). The highest BCUT2D eigenvalue weighted by Gasteiger charge is 2.50. The van der Waals surface area contributed by atoms with Crippen LogP contribution in [0.3, 0.4) is 0 Å². The molecule has 4 aliphatic carbocycles. The highest BCUT2D eigenvalue weighted by molar-refractivity contribution is 5.87. The summed E-state index contributed by atoms with van der Waals surface area (Å²) in [7, 11) is 0. The van der Waals surface area contributed by atoms with Crippen molar-refractivity contribution in [2.75, 3.05) is 6.61 Å². The Kier molecular flexibility index (Phi) is 3.39. The van der Waals surface area contributed by atoms with Gasteiger partial charge < -0.3 is 9.84 Å². The van der Waals surface area contributed by atoms with Crippen molar-refractivity contribution in [2.24, 2.45) is 23.2 Å². The molecule has 0 atom stereocenters. The molecule has 0 saturated heterocycles. The Bertz CT molecular complexity index is 525. The van der Waals surface area contributed by atoms with Gasteiger partial charge in [0.2, 0.25) is 0 Å². The minimum atomic E-state index is -0.889. The lowest BCUT2D eigenvalue weighted by molar-refractivity contribution is -0.0622. The third kappa shape index (κ3) is 2.62. The van der Waals surface area contributed by atoms with Crippen LogP contribution in [0.4, 0.5) is 0 Å². The van der Waals surface area contributed by atoms with Crippen molar-refractivity contribution in [3.63, 3.8) is 0 Å². The third-order valence-electron chi connectivity index (χ3n) is 6.17. The van der Waals surface area contributed by atoms with Crippen molar-refractivity contribution < 1.29 is 14.6 Å². The van der Waals surface area contributed by atoms with Gasteiger partial charge in [0.1, 0.15) is 5.75 Å². The Morgan fingerprint density at radius 1 is 1.05 bits per heavy atom. The van der Waals surface area contributed by atoms with Crippen molar-refractivity contribution in [1.82, 2.24) is 0 Å². The molecule has 0 amide bonds. The van der Waals surface area contributed by atoms with E-state index >= 15 is 0 Å². The van der Waals surface area contributed by atoms with E-state index in [1.54, 1.807) is 24.3 Å². The number of ether oxygens (including phenoxy) is 1. The normalized spacial score (nSPS) is 35.5. The topological polar surface area (TPSA) is 46.5 Å². The molecule has 0 heterocycles. The van der Waals surface area contributed by atoms with E-state index in [9.17, 15) is 4.79 Å². The van der Waals surface area contributed by atoms with Crippen molar-refractivity contribution in [1.29, 1.82) is 0 Å². The van der Waals surface area contributed by atoms with Gasteiger partial charge in [0.05, 0.1) is 12.2 Å². The average Bonchev–Trinajstić information content (AvgIpc) is 2.46. The van der Waals surface area contributed by atoms with Crippen LogP contribution < -0.4 is 4.74 Å². The van der Waals surface area contributed by atoms with Crippen LogP contribution in [-0.4, -0.2) is 17.7 Å². The lowest BCUT2D eigenvalue weighted by Crippen LogP contribution is -2.46. The highest BCUT2D eigenvalue weighted by Crippen LogP contribution is 2.61. The fourth-order valence-electron chi connectivity index (χ4n) is 5.68. The predicted octanol–water partition coefficient (Wildman–Crippen LogP) is 4.37. The van der Waals surface area contributed by atoms with E-state index in [-0.39, 0.29) is 0 Å². The Labute approximate surface area is 131 Å². The first-order valence-electron chi connectivity index (χ1n) is 8.58. The molecule has 4 bridgehead atoms. The number of benzene rings is 1. The first-order chi connectivity index (χ1) is 10.6. The van der Waals surface area contributed by atoms with Crippen molar-refractivity contribution in [3.05, 3.63) is 29.8 Å². The molecule has 22 heavy (non-hydrogen) atoms. The summed E-state index contributed by atoms with van der Waals surface area (Å²) in [5.74, 6) is 2.86. The quantitative estimate of drug-likeness (QED) is 0.878. The second-order valence-electron chi connectivity index (χ2n) is 7.85. The smallest absolute Gasteiger partial charge is 0.335 e. The molecule has 3 heteroatoms. The van der Waals surface area contributed by atoms with Gasteiger partial charge in [-0.2, -0.15) is 0 Å². The van der Waals surface area contributed by atoms with Crippen LogP contribution in [0.1, 0.15) is 55.3 Å². The van der Waals surface area contributed by atoms with Gasteiger partial charge in [0, 0.05) is 0 Å². The van der Waals surface area contributed by atoms with Crippen LogP contribution in [0.25, 0.3) is 0 Å². The lowest BCUT2D eigenvalue weighted by Gasteiger charge is -2.57. The van der Waals surface area contributed by atoms with Crippen molar-refractivity contribution >= 4 is 5.97 Å². The van der Waals surface area contributed by atoms with Gasteiger partial charge in [-0.05, 0) is 92.4 Å². The molecule has 118 valence electrons. The Morgan fingerprint density at radius 2 is 1.59 bits per heavy atom. The molecule has 0 radical (unpaired) electrons. The zero-order valence-electron chi connectivity index (χ0n) is 13.0. The molecule has 0 aromatic heterocycles. The largest absolute Gasteiger partial charge is 0.494 e. The first kappa shape index (κ1) is 14.1. The molecule has 1 aromatic rings. The molecular formula is C19H24O3. The van der Waals surface area contributed by atoms with Crippen molar-refractivity contribution in [2.45, 2.75) is 44.9 Å². The minimum Gasteiger partial charge on any atom is -0.494 e. The third-order valence-corrected chi connectivity index (χ3v) is 6.17. The molecule has 3 nitrogen and oxygen atoms in total. The number of hydrogen-bond donors (Lipinski definition) is 1. The molecule has 1 aromatic carbocycles. The Balaban J connectivity index is 1.34. The summed E-state index contributed by atoms with van der Waals surface area (Å²) in [5, 5.41) is 8.91. The van der Waals surface area contributed by atoms with Gasteiger partial charge in [-0.1, -0.05) is 0 Å². The number of carboxylic acid groups (broad SMARTS) is 1. The summed E-state index contributed by atoms with van der Waals surface area (Å²) in [6.45, 7) is 0.762. The maximum Gasteiger partial charge on any atom is 0.335 e. The molecular weight excluding hydrogens is 276 g/mol. The van der Waals surface area contributed by atoms with E-state index in [0.29, 0.717) is 11.0 Å². The van der Waals surface area contributed by atoms with Gasteiger partial charge in [0.25, 0.3) is 0 Å². The Hall–Kier alpha value is -1.51. The van der Waals surface area contributed by atoms with Crippen molar-refractivity contribution in [3.8, 4) is 5.75 Å². The van der Waals surface area contributed by atoms with Gasteiger partial charge in [-0.3, -0.25) is 0 Å². The maximum absolute atomic E-state index is 10.8. The van der Waals surface area contributed by atoms with E-state index in [2.05, 4.69) is 0 Å². The molecule has 4 saturated carbocycles. The molecule has 1 N–H and O–H groups in total. The number of rotatable bonds is 5. The SMILES string of the molecule is O=C(O)c1ccc(OCCC23CC4CC(CC(C4)C2)C3)cc1. The summed E-state index contributed by atoms with van der Waals surface area (Å²) >= 11 is 0. The summed E-state index contributed by atoms with van der Waals surface area (Å²) in [6, 6.07) is 6.76. The van der Waals surface area contributed by atoms with Crippen LogP contribution in [-0.2, 0) is 0 Å². The Morgan fingerprint density at radius 3 is 2.09 bits per heavy atom. The summed E-state index contributed by atoms with van der Waals surface area (Å²) in [6.07, 6.45) is 9.86. The predicted molar refractivity (Wildman–Crippen MR) is 84.1 cm³/mol. The highest BCUT2D eigenvalue weighted by atomic mass is 16.5. The average molecular weight is 300 g/mol. The summed E-state index contributed by atoms with van der Waals surface area (Å²) in [4.78, 5) is 10.8. The van der Waals surface area contributed by atoms with Gasteiger partial charge >= 0.3 is 5.97 Å². The number of carbonyl (C=O) groups is 1. The van der Waals surface area contributed by atoms with Crippen LogP contribution in [0.2, 0.25) is 0 Å². The number of hydrogen-bond acceptors (Lipinski definition) is 2. The second-order valence-corrected chi connectivity index (χ2v) is 7.85. The summed E-state index contributed by atoms with van der Waals surface area (Å²) in [5.41, 5.74) is 0.865. The molecule has 0 unspecified atom stereocenters. The van der Waals surface area contributed by atoms with Crippen LogP contribution in [0.15, 0.2) is 24.3 Å². The zero-order chi connectivity index (χ0) is 15.2. The maximum atomic E-state index is 10.8. The van der Waals surface area contributed by atoms with Gasteiger partial charge in [0.15, 0.2) is 0 Å². The van der Waals surface area contributed by atoms with E-state index in [1.165, 1.54) is 38.5 Å². The van der Waals surface area contributed by atoms with Gasteiger partial charge in [-0.15, -0.1) is 0 Å². The molecule has 4 fully saturated rings. The number of aromatic carboxylic acids is 1. The monoisotopic (exact) mass is 300 g/mol. The molecule has 0 spiro atoms. The zero-order valence-corrected chi connectivity index (χ0v) is 13.0.